The summed E-state index contributed by atoms with van der Waals surface area (Å²) in [5, 5.41) is 16.1. The lowest BCUT2D eigenvalue weighted by molar-refractivity contribution is 0.296. The van der Waals surface area contributed by atoms with Crippen LogP contribution in [0, 0.1) is 0 Å². The van der Waals surface area contributed by atoms with Gasteiger partial charge in [-0.3, -0.25) is 0 Å². The van der Waals surface area contributed by atoms with Crippen LogP contribution in [0.25, 0.3) is 0 Å². The fourth-order valence-electron chi connectivity index (χ4n) is 1.47. The van der Waals surface area contributed by atoms with Crippen molar-refractivity contribution in [3.8, 4) is 0 Å². The number of hydrogen-bond acceptors (Lipinski definition) is 7. The Kier molecular flexibility index (Phi) is 9.61. The standard InChI is InChI=1S/C13H24N4OS2/c1-3-5-14-11-10-12(17-13(16-11)19-2)15-6-9-20-8-4-7-18/h10,18H,3-9H2,1-2H3,(H2,14,15,16,17). The number of anilines is 2. The molecule has 1 heterocycles. The van der Waals surface area contributed by atoms with Crippen molar-refractivity contribution in [3.05, 3.63) is 6.07 Å². The minimum absolute atomic E-state index is 0.274. The molecule has 0 atom stereocenters. The fraction of sp³-hybridized carbons (Fsp3) is 0.692. The Morgan fingerprint density at radius 3 is 2.45 bits per heavy atom. The van der Waals surface area contributed by atoms with Crippen LogP contribution in [0.4, 0.5) is 11.6 Å². The van der Waals surface area contributed by atoms with Gasteiger partial charge < -0.3 is 15.7 Å². The second kappa shape index (κ2) is 11.0. The molecule has 3 N–H and O–H groups in total. The molecule has 7 heteroatoms. The molecule has 114 valence electrons. The summed E-state index contributed by atoms with van der Waals surface area (Å²) in [5.74, 6) is 3.75. The maximum atomic E-state index is 8.70. The Hall–Kier alpha value is -0.660. The highest BCUT2D eigenvalue weighted by Crippen LogP contribution is 2.17. The van der Waals surface area contributed by atoms with Crippen LogP contribution in [0.3, 0.4) is 0 Å². The molecule has 0 amide bonds. The van der Waals surface area contributed by atoms with E-state index in [9.17, 15) is 0 Å². The summed E-state index contributed by atoms with van der Waals surface area (Å²) < 4.78 is 0. The van der Waals surface area contributed by atoms with Gasteiger partial charge in [-0.25, -0.2) is 9.97 Å². The van der Waals surface area contributed by atoms with Crippen molar-refractivity contribution in [3.63, 3.8) is 0 Å². The third-order valence-electron chi connectivity index (χ3n) is 2.44. The van der Waals surface area contributed by atoms with Gasteiger partial charge >= 0.3 is 0 Å². The molecule has 0 aliphatic rings. The van der Waals surface area contributed by atoms with Crippen molar-refractivity contribution in [2.24, 2.45) is 0 Å². The van der Waals surface area contributed by atoms with E-state index in [1.165, 1.54) is 0 Å². The first-order chi connectivity index (χ1) is 9.80. The highest BCUT2D eigenvalue weighted by atomic mass is 32.2. The monoisotopic (exact) mass is 316 g/mol. The zero-order chi connectivity index (χ0) is 14.6. The van der Waals surface area contributed by atoms with Crippen molar-refractivity contribution in [1.82, 2.24) is 9.97 Å². The summed E-state index contributed by atoms with van der Waals surface area (Å²) in [7, 11) is 0. The van der Waals surface area contributed by atoms with Gasteiger partial charge in [-0.15, -0.1) is 0 Å². The Labute approximate surface area is 129 Å². The van der Waals surface area contributed by atoms with Gasteiger partial charge in [0.25, 0.3) is 0 Å². The molecule has 0 aliphatic heterocycles. The lowest BCUT2D eigenvalue weighted by Crippen LogP contribution is -2.09. The molecule has 0 unspecified atom stereocenters. The Balaban J connectivity index is 2.42. The Bertz CT molecular complexity index is 379. The number of aromatic nitrogens is 2. The summed E-state index contributed by atoms with van der Waals surface area (Å²) in [6, 6.07) is 1.95. The summed E-state index contributed by atoms with van der Waals surface area (Å²) in [5.41, 5.74) is 0. The summed E-state index contributed by atoms with van der Waals surface area (Å²) >= 11 is 3.38. The molecule has 0 fully saturated rings. The molecule has 0 saturated carbocycles. The van der Waals surface area contributed by atoms with E-state index in [1.807, 2.05) is 24.1 Å². The van der Waals surface area contributed by atoms with Crippen LogP contribution in [-0.2, 0) is 0 Å². The van der Waals surface area contributed by atoms with E-state index in [4.69, 9.17) is 5.11 Å². The average Bonchev–Trinajstić information content (AvgIpc) is 2.48. The number of aliphatic hydroxyl groups is 1. The molecule has 0 saturated heterocycles. The van der Waals surface area contributed by atoms with Crippen molar-refractivity contribution in [1.29, 1.82) is 0 Å². The number of nitrogens with zero attached hydrogens (tertiary/aromatic N) is 2. The first kappa shape index (κ1) is 17.4. The lowest BCUT2D eigenvalue weighted by Gasteiger charge is -2.10. The van der Waals surface area contributed by atoms with Crippen molar-refractivity contribution in [2.45, 2.75) is 24.9 Å². The van der Waals surface area contributed by atoms with Gasteiger partial charge in [-0.1, -0.05) is 18.7 Å². The highest BCUT2D eigenvalue weighted by molar-refractivity contribution is 7.99. The quantitative estimate of drug-likeness (QED) is 0.329. The second-order valence-corrected chi connectivity index (χ2v) is 6.17. The maximum absolute atomic E-state index is 8.70. The third kappa shape index (κ3) is 7.21. The van der Waals surface area contributed by atoms with E-state index in [2.05, 4.69) is 27.5 Å². The second-order valence-electron chi connectivity index (χ2n) is 4.17. The van der Waals surface area contributed by atoms with Crippen LogP contribution in [0.15, 0.2) is 11.2 Å². The van der Waals surface area contributed by atoms with Crippen LogP contribution < -0.4 is 10.6 Å². The van der Waals surface area contributed by atoms with E-state index in [0.717, 1.165) is 54.2 Å². The zero-order valence-electron chi connectivity index (χ0n) is 12.2. The molecule has 0 radical (unpaired) electrons. The first-order valence-electron chi connectivity index (χ1n) is 6.89. The van der Waals surface area contributed by atoms with Crippen molar-refractivity contribution in [2.75, 3.05) is 48.1 Å². The molecule has 1 rings (SSSR count). The van der Waals surface area contributed by atoms with Crippen molar-refractivity contribution < 1.29 is 5.11 Å². The molecule has 1 aromatic rings. The van der Waals surface area contributed by atoms with Gasteiger partial charge in [0.2, 0.25) is 0 Å². The number of rotatable bonds is 11. The van der Waals surface area contributed by atoms with E-state index in [-0.39, 0.29) is 6.61 Å². The van der Waals surface area contributed by atoms with Gasteiger partial charge in [-0.2, -0.15) is 11.8 Å². The van der Waals surface area contributed by atoms with E-state index in [1.54, 1.807) is 11.8 Å². The normalized spacial score (nSPS) is 10.6. The molecule has 20 heavy (non-hydrogen) atoms. The summed E-state index contributed by atoms with van der Waals surface area (Å²) in [6.07, 6.45) is 3.91. The van der Waals surface area contributed by atoms with Crippen LogP contribution in [0.1, 0.15) is 19.8 Å². The molecular formula is C13H24N4OS2. The number of hydrogen-bond donors (Lipinski definition) is 3. The molecule has 0 aliphatic carbocycles. The first-order valence-corrected chi connectivity index (χ1v) is 9.27. The Morgan fingerprint density at radius 1 is 1.15 bits per heavy atom. The van der Waals surface area contributed by atoms with E-state index in [0.29, 0.717) is 0 Å². The molecule has 1 aromatic heterocycles. The number of thioether (sulfide) groups is 2. The topological polar surface area (TPSA) is 70.1 Å². The van der Waals surface area contributed by atoms with Crippen LogP contribution >= 0.6 is 23.5 Å². The van der Waals surface area contributed by atoms with Gasteiger partial charge in [0, 0.05) is 31.5 Å². The van der Waals surface area contributed by atoms with E-state index < -0.39 is 0 Å². The van der Waals surface area contributed by atoms with Gasteiger partial charge in [0.05, 0.1) is 0 Å². The number of aliphatic hydroxyl groups excluding tert-OH is 1. The molecule has 5 nitrogen and oxygen atoms in total. The SMILES string of the molecule is CCCNc1cc(NCCSCCCO)nc(SC)n1. The zero-order valence-corrected chi connectivity index (χ0v) is 13.8. The number of nitrogens with one attached hydrogen (secondary N) is 2. The summed E-state index contributed by atoms with van der Waals surface area (Å²) in [6.45, 7) is 4.19. The van der Waals surface area contributed by atoms with Crippen molar-refractivity contribution >= 4 is 35.2 Å². The van der Waals surface area contributed by atoms with E-state index >= 15 is 0 Å². The maximum Gasteiger partial charge on any atom is 0.191 e. The summed E-state index contributed by atoms with van der Waals surface area (Å²) in [4.78, 5) is 8.87. The molecular weight excluding hydrogens is 292 g/mol. The van der Waals surface area contributed by atoms with Crippen LogP contribution in [0.2, 0.25) is 0 Å². The molecule has 0 spiro atoms. The predicted octanol–water partition coefficient (Wildman–Crippen LogP) is 2.55. The van der Waals surface area contributed by atoms with Gasteiger partial charge in [0.15, 0.2) is 5.16 Å². The van der Waals surface area contributed by atoms with Gasteiger partial charge in [-0.05, 0) is 24.9 Å². The van der Waals surface area contributed by atoms with Crippen LogP contribution in [-0.4, -0.2) is 52.5 Å². The fourth-order valence-corrected chi connectivity index (χ4v) is 2.63. The third-order valence-corrected chi connectivity index (χ3v) is 4.06. The lowest BCUT2D eigenvalue weighted by atomic mass is 10.4. The van der Waals surface area contributed by atoms with Crippen LogP contribution in [0.5, 0.6) is 0 Å². The molecule has 0 aromatic carbocycles. The largest absolute Gasteiger partial charge is 0.396 e. The minimum Gasteiger partial charge on any atom is -0.396 e. The smallest absolute Gasteiger partial charge is 0.191 e. The average molecular weight is 316 g/mol. The van der Waals surface area contributed by atoms with Gasteiger partial charge in [0.1, 0.15) is 11.6 Å². The minimum atomic E-state index is 0.274. The molecule has 0 bridgehead atoms. The predicted molar refractivity (Wildman–Crippen MR) is 90.1 cm³/mol. The Morgan fingerprint density at radius 2 is 1.85 bits per heavy atom. The highest BCUT2D eigenvalue weighted by Gasteiger charge is 2.03.